The summed E-state index contributed by atoms with van der Waals surface area (Å²) in [5.41, 5.74) is -0.183. The summed E-state index contributed by atoms with van der Waals surface area (Å²) >= 11 is 0. The molecule has 0 aromatic carbocycles. The molecule has 0 aliphatic heterocycles. The first kappa shape index (κ1) is 17.0. The summed E-state index contributed by atoms with van der Waals surface area (Å²) in [6.07, 6.45) is 5.65. The third-order valence-corrected chi connectivity index (χ3v) is 4.16. The molecule has 1 saturated carbocycles. The van der Waals surface area contributed by atoms with Crippen molar-refractivity contribution in [3.8, 4) is 6.07 Å². The zero-order valence-corrected chi connectivity index (χ0v) is 13.2. The summed E-state index contributed by atoms with van der Waals surface area (Å²) in [4.78, 5) is 14.8. The molecule has 4 heteroatoms. The fraction of sp³-hybridized carbons (Fsp3) is 0.875. The van der Waals surface area contributed by atoms with Gasteiger partial charge in [-0.2, -0.15) is 5.26 Å². The van der Waals surface area contributed by atoms with Crippen LogP contribution in [0, 0.1) is 22.7 Å². The lowest BCUT2D eigenvalue weighted by Crippen LogP contribution is -2.45. The van der Waals surface area contributed by atoms with Gasteiger partial charge in [-0.15, -0.1) is 0 Å². The lowest BCUT2D eigenvalue weighted by Gasteiger charge is -2.35. The second-order valence-electron chi connectivity index (χ2n) is 6.28. The Bertz CT molecular complexity index is 341. The number of hydrogen-bond donors (Lipinski definition) is 0. The van der Waals surface area contributed by atoms with E-state index in [0.29, 0.717) is 32.0 Å². The topological polar surface area (TPSA) is 53.3 Å². The van der Waals surface area contributed by atoms with Crippen molar-refractivity contribution in [2.24, 2.45) is 11.3 Å². The number of nitrogens with zero attached hydrogens (tertiary/aromatic N) is 2. The second-order valence-corrected chi connectivity index (χ2v) is 6.28. The molecule has 20 heavy (non-hydrogen) atoms. The van der Waals surface area contributed by atoms with Gasteiger partial charge in [-0.1, -0.05) is 26.7 Å². The van der Waals surface area contributed by atoms with Crippen LogP contribution in [0.3, 0.4) is 0 Å². The minimum atomic E-state index is -0.183. The Kier molecular flexibility index (Phi) is 7.01. The van der Waals surface area contributed by atoms with Crippen LogP contribution in [0.5, 0.6) is 0 Å². The average molecular weight is 280 g/mol. The first-order valence-corrected chi connectivity index (χ1v) is 7.71. The molecule has 0 radical (unpaired) electrons. The van der Waals surface area contributed by atoms with Crippen LogP contribution in [0.2, 0.25) is 0 Å². The summed E-state index contributed by atoms with van der Waals surface area (Å²) in [6, 6.07) is 2.14. The fourth-order valence-electron chi connectivity index (χ4n) is 3.38. The van der Waals surface area contributed by atoms with Crippen LogP contribution in [0.4, 0.5) is 0 Å². The first-order chi connectivity index (χ1) is 9.55. The van der Waals surface area contributed by atoms with Crippen molar-refractivity contribution < 1.29 is 9.53 Å². The standard InChI is InChI=1S/C16H28N2O2/c1-14(2)13-16(7-4-5-8-16)15(19)18(10-6-9-17)11-12-20-3/h14H,4-8,10-13H2,1-3H3. The van der Waals surface area contributed by atoms with Gasteiger partial charge < -0.3 is 9.64 Å². The zero-order valence-electron chi connectivity index (χ0n) is 13.2. The van der Waals surface area contributed by atoms with Gasteiger partial charge in [0.05, 0.1) is 19.1 Å². The predicted octanol–water partition coefficient (Wildman–Crippen LogP) is 2.98. The molecule has 0 spiro atoms. The van der Waals surface area contributed by atoms with Crippen LogP contribution < -0.4 is 0 Å². The molecule has 1 aliphatic carbocycles. The van der Waals surface area contributed by atoms with Crippen molar-refractivity contribution in [1.29, 1.82) is 5.26 Å². The predicted molar refractivity (Wildman–Crippen MR) is 79.0 cm³/mol. The van der Waals surface area contributed by atoms with Gasteiger partial charge in [0.25, 0.3) is 0 Å². The monoisotopic (exact) mass is 280 g/mol. The molecule has 0 aromatic rings. The van der Waals surface area contributed by atoms with Crippen molar-refractivity contribution in [1.82, 2.24) is 4.90 Å². The molecule has 0 atom stereocenters. The van der Waals surface area contributed by atoms with Crippen molar-refractivity contribution >= 4 is 5.91 Å². The van der Waals surface area contributed by atoms with Gasteiger partial charge in [0.2, 0.25) is 5.91 Å². The molecule has 4 nitrogen and oxygen atoms in total. The average Bonchev–Trinajstić information content (AvgIpc) is 2.87. The van der Waals surface area contributed by atoms with Crippen LogP contribution in [-0.2, 0) is 9.53 Å². The maximum absolute atomic E-state index is 13.0. The van der Waals surface area contributed by atoms with E-state index in [1.54, 1.807) is 7.11 Å². The number of nitriles is 1. The lowest BCUT2D eigenvalue weighted by atomic mass is 9.77. The zero-order chi connectivity index (χ0) is 15.0. The summed E-state index contributed by atoms with van der Waals surface area (Å²) in [5, 5.41) is 8.78. The lowest BCUT2D eigenvalue weighted by molar-refractivity contribution is -0.143. The van der Waals surface area contributed by atoms with E-state index in [2.05, 4.69) is 19.9 Å². The third kappa shape index (κ3) is 4.49. The number of carbonyl (C=O) groups excluding carboxylic acids is 1. The third-order valence-electron chi connectivity index (χ3n) is 4.16. The molecule has 0 N–H and O–H groups in total. The second kappa shape index (κ2) is 8.26. The van der Waals surface area contributed by atoms with Gasteiger partial charge in [0.1, 0.15) is 0 Å². The fourth-order valence-corrected chi connectivity index (χ4v) is 3.38. The van der Waals surface area contributed by atoms with E-state index in [1.165, 1.54) is 0 Å². The molecule has 0 heterocycles. The summed E-state index contributed by atoms with van der Waals surface area (Å²) in [7, 11) is 1.65. The van der Waals surface area contributed by atoms with Crippen LogP contribution in [0.15, 0.2) is 0 Å². The van der Waals surface area contributed by atoms with Crippen molar-refractivity contribution in [3.63, 3.8) is 0 Å². The van der Waals surface area contributed by atoms with Gasteiger partial charge in [0.15, 0.2) is 0 Å². The number of hydrogen-bond acceptors (Lipinski definition) is 3. The Morgan fingerprint density at radius 1 is 1.35 bits per heavy atom. The molecule has 114 valence electrons. The molecule has 1 aliphatic rings. The van der Waals surface area contributed by atoms with Crippen LogP contribution in [0.1, 0.15) is 52.4 Å². The highest BCUT2D eigenvalue weighted by Gasteiger charge is 2.43. The van der Waals surface area contributed by atoms with E-state index < -0.39 is 0 Å². The van der Waals surface area contributed by atoms with E-state index in [4.69, 9.17) is 10.00 Å². The van der Waals surface area contributed by atoms with Crippen LogP contribution in [-0.4, -0.2) is 37.6 Å². The number of rotatable bonds is 8. The highest BCUT2D eigenvalue weighted by Crippen LogP contribution is 2.44. The molecule has 0 aromatic heterocycles. The van der Waals surface area contributed by atoms with Crippen molar-refractivity contribution in [2.75, 3.05) is 26.8 Å². The Balaban J connectivity index is 2.80. The van der Waals surface area contributed by atoms with Gasteiger partial charge in [-0.3, -0.25) is 4.79 Å². The molecule has 1 fully saturated rings. The number of ether oxygens (including phenoxy) is 1. The Hall–Kier alpha value is -1.08. The van der Waals surface area contributed by atoms with Crippen molar-refractivity contribution in [2.45, 2.75) is 52.4 Å². The van der Waals surface area contributed by atoms with Gasteiger partial charge >= 0.3 is 0 Å². The maximum atomic E-state index is 13.0. The highest BCUT2D eigenvalue weighted by molar-refractivity contribution is 5.83. The molecule has 1 amide bonds. The minimum absolute atomic E-state index is 0.183. The highest BCUT2D eigenvalue weighted by atomic mass is 16.5. The molecule has 0 unspecified atom stereocenters. The van der Waals surface area contributed by atoms with Gasteiger partial charge in [-0.25, -0.2) is 0 Å². The molecular formula is C16H28N2O2. The van der Waals surface area contributed by atoms with E-state index in [0.717, 1.165) is 32.1 Å². The van der Waals surface area contributed by atoms with Crippen LogP contribution >= 0.6 is 0 Å². The Morgan fingerprint density at radius 3 is 2.50 bits per heavy atom. The van der Waals surface area contributed by atoms with E-state index in [1.807, 2.05) is 4.90 Å². The quantitative estimate of drug-likeness (QED) is 0.687. The molecule has 0 bridgehead atoms. The van der Waals surface area contributed by atoms with Gasteiger partial charge in [0, 0.05) is 25.6 Å². The van der Waals surface area contributed by atoms with Crippen molar-refractivity contribution in [3.05, 3.63) is 0 Å². The normalized spacial score (nSPS) is 17.1. The summed E-state index contributed by atoms with van der Waals surface area (Å²) in [6.45, 7) is 6.02. The minimum Gasteiger partial charge on any atom is -0.383 e. The van der Waals surface area contributed by atoms with E-state index in [-0.39, 0.29) is 11.3 Å². The van der Waals surface area contributed by atoms with Crippen LogP contribution in [0.25, 0.3) is 0 Å². The Labute approximate surface area is 123 Å². The number of methoxy groups -OCH3 is 1. The number of amides is 1. The SMILES string of the molecule is COCCN(CCC#N)C(=O)C1(CC(C)C)CCCC1. The molecule has 1 rings (SSSR count). The largest absolute Gasteiger partial charge is 0.383 e. The number of carbonyl (C=O) groups is 1. The Morgan fingerprint density at radius 2 is 2.00 bits per heavy atom. The summed E-state index contributed by atoms with van der Waals surface area (Å²) in [5.74, 6) is 0.772. The first-order valence-electron chi connectivity index (χ1n) is 7.71. The molecule has 0 saturated heterocycles. The van der Waals surface area contributed by atoms with Gasteiger partial charge in [-0.05, 0) is 25.2 Å². The smallest absolute Gasteiger partial charge is 0.228 e. The maximum Gasteiger partial charge on any atom is 0.228 e. The van der Waals surface area contributed by atoms with E-state index in [9.17, 15) is 4.79 Å². The van der Waals surface area contributed by atoms with E-state index >= 15 is 0 Å². The molecular weight excluding hydrogens is 252 g/mol. The summed E-state index contributed by atoms with van der Waals surface area (Å²) < 4.78 is 5.10.